The molecule has 2 amide bonds. The average molecular weight is 661 g/mol. The summed E-state index contributed by atoms with van der Waals surface area (Å²) < 4.78 is 73.0. The van der Waals surface area contributed by atoms with Gasteiger partial charge in [-0.2, -0.15) is 13.2 Å². The second-order valence-electron chi connectivity index (χ2n) is 12.8. The zero-order valence-electron chi connectivity index (χ0n) is 25.7. The molecule has 3 fully saturated rings. The third kappa shape index (κ3) is 7.53. The minimum atomic E-state index is -4.24. The number of nitrogens with one attached hydrogen (secondary N) is 1. The van der Waals surface area contributed by atoms with Gasteiger partial charge in [-0.15, -0.1) is 0 Å². The number of likely N-dealkylation sites (tertiary alicyclic amines) is 2. The number of halogens is 5. The third-order valence-corrected chi connectivity index (χ3v) is 9.45. The molecule has 1 aliphatic carbocycles. The van der Waals surface area contributed by atoms with Crippen molar-refractivity contribution in [1.29, 1.82) is 0 Å². The number of nitrogen functional groups attached to an aromatic ring is 1. The maximum absolute atomic E-state index is 14.3. The molecular weight excluding hydrogens is 623 g/mol. The maximum Gasteiger partial charge on any atom is 0.410 e. The number of alkyl halides is 3. The standard InChI is InChI=1S/C33H37F5N6O3/c34-28-15-23(39)16-29(35)27(28)19-42-13-9-32(10-14-42)20-44(31(46)47-32)18-26-4-1-21(17-40-26)30(45)43-11-7-25(8-12-43)41-24-5-2-22(3-6-24)33(36,37)38/h1-2,4-6,15-17,22,25,41H,3,7-14,18-20,39H2. The van der Waals surface area contributed by atoms with E-state index < -0.39 is 35.4 Å². The number of benzene rings is 1. The molecule has 9 nitrogen and oxygen atoms in total. The minimum absolute atomic E-state index is 0.0315. The molecule has 4 heterocycles. The molecule has 3 aliphatic heterocycles. The van der Waals surface area contributed by atoms with E-state index in [0.29, 0.717) is 75.4 Å². The van der Waals surface area contributed by atoms with Crippen LogP contribution in [0, 0.1) is 17.6 Å². The summed E-state index contributed by atoms with van der Waals surface area (Å²) in [6, 6.07) is 5.68. The van der Waals surface area contributed by atoms with E-state index in [1.54, 1.807) is 28.0 Å². The summed E-state index contributed by atoms with van der Waals surface area (Å²) in [6.07, 6.45) is 3.33. The Morgan fingerprint density at radius 2 is 1.77 bits per heavy atom. The summed E-state index contributed by atoms with van der Waals surface area (Å²) in [5.74, 6) is -2.97. The molecule has 2 aromatic rings. The van der Waals surface area contributed by atoms with Crippen molar-refractivity contribution in [3.8, 4) is 0 Å². The Bertz CT molecular complexity index is 1520. The summed E-state index contributed by atoms with van der Waals surface area (Å²) in [7, 11) is 0. The number of ether oxygens (including phenoxy) is 1. The van der Waals surface area contributed by atoms with Gasteiger partial charge in [0, 0.05) is 74.8 Å². The smallest absolute Gasteiger partial charge is 0.410 e. The summed E-state index contributed by atoms with van der Waals surface area (Å²) in [5, 5.41) is 3.29. The number of aromatic nitrogens is 1. The number of piperidine rings is 2. The van der Waals surface area contributed by atoms with Crippen LogP contribution < -0.4 is 11.1 Å². The lowest BCUT2D eigenvalue weighted by Gasteiger charge is -2.37. The predicted octanol–water partition coefficient (Wildman–Crippen LogP) is 5.15. The van der Waals surface area contributed by atoms with Crippen molar-refractivity contribution in [3.05, 3.63) is 82.8 Å². The van der Waals surface area contributed by atoms with Crippen LogP contribution in [-0.2, 0) is 17.8 Å². The van der Waals surface area contributed by atoms with Gasteiger partial charge in [-0.3, -0.25) is 19.6 Å². The molecule has 3 saturated heterocycles. The topological polar surface area (TPSA) is 104 Å². The fraction of sp³-hybridized carbons (Fsp3) is 0.485. The van der Waals surface area contributed by atoms with Crippen LogP contribution in [0.3, 0.4) is 0 Å². The van der Waals surface area contributed by atoms with E-state index in [4.69, 9.17) is 10.5 Å². The van der Waals surface area contributed by atoms with Gasteiger partial charge in [0.25, 0.3) is 5.91 Å². The molecule has 6 rings (SSSR count). The second kappa shape index (κ2) is 13.1. The number of carbonyl (C=O) groups excluding carboxylic acids is 2. The van der Waals surface area contributed by atoms with Gasteiger partial charge in [-0.25, -0.2) is 13.6 Å². The Kier molecular flexibility index (Phi) is 9.14. The van der Waals surface area contributed by atoms with E-state index in [9.17, 15) is 31.5 Å². The summed E-state index contributed by atoms with van der Waals surface area (Å²) in [6.45, 7) is 2.69. The first-order chi connectivity index (χ1) is 22.4. The van der Waals surface area contributed by atoms with Crippen molar-refractivity contribution >= 4 is 17.7 Å². The van der Waals surface area contributed by atoms with Gasteiger partial charge in [0.1, 0.15) is 17.2 Å². The predicted molar refractivity (Wildman–Crippen MR) is 163 cm³/mol. The van der Waals surface area contributed by atoms with Crippen molar-refractivity contribution < 1.29 is 36.3 Å². The highest BCUT2D eigenvalue weighted by Crippen LogP contribution is 2.35. The highest BCUT2D eigenvalue weighted by molar-refractivity contribution is 5.94. The number of hydrogen-bond donors (Lipinski definition) is 2. The molecule has 252 valence electrons. The molecule has 0 radical (unpaired) electrons. The first-order valence-electron chi connectivity index (χ1n) is 15.8. The average Bonchev–Trinajstić information content (AvgIpc) is 3.33. The van der Waals surface area contributed by atoms with Crippen molar-refractivity contribution in [1.82, 2.24) is 25.0 Å². The molecule has 1 spiro atoms. The fourth-order valence-corrected chi connectivity index (χ4v) is 6.65. The van der Waals surface area contributed by atoms with Gasteiger partial charge in [0.2, 0.25) is 0 Å². The normalized spacial score (nSPS) is 22.0. The Morgan fingerprint density at radius 3 is 2.36 bits per heavy atom. The number of anilines is 1. The van der Waals surface area contributed by atoms with E-state index in [0.717, 1.165) is 12.1 Å². The number of allylic oxidation sites excluding steroid dienone is 3. The Labute approximate surface area is 269 Å². The van der Waals surface area contributed by atoms with E-state index in [1.165, 1.54) is 18.3 Å². The first-order valence-corrected chi connectivity index (χ1v) is 15.8. The van der Waals surface area contributed by atoms with Crippen molar-refractivity contribution in [3.63, 3.8) is 0 Å². The molecule has 1 aromatic heterocycles. The summed E-state index contributed by atoms with van der Waals surface area (Å²) in [5.41, 5.74) is 6.54. The van der Waals surface area contributed by atoms with Gasteiger partial charge in [-0.1, -0.05) is 12.2 Å². The lowest BCUT2D eigenvalue weighted by Crippen LogP contribution is -2.46. The van der Waals surface area contributed by atoms with Crippen LogP contribution in [0.2, 0.25) is 0 Å². The van der Waals surface area contributed by atoms with Crippen LogP contribution >= 0.6 is 0 Å². The Morgan fingerprint density at radius 1 is 1.06 bits per heavy atom. The number of hydrogen-bond acceptors (Lipinski definition) is 7. The lowest BCUT2D eigenvalue weighted by molar-refractivity contribution is -0.160. The van der Waals surface area contributed by atoms with Crippen LogP contribution in [0.25, 0.3) is 0 Å². The number of pyridine rings is 1. The maximum atomic E-state index is 14.3. The van der Waals surface area contributed by atoms with Gasteiger partial charge in [-0.05, 0) is 49.6 Å². The van der Waals surface area contributed by atoms with E-state index in [-0.39, 0.29) is 42.7 Å². The molecule has 3 N–H and O–H groups in total. The van der Waals surface area contributed by atoms with Crippen molar-refractivity contribution in [2.45, 2.75) is 63.0 Å². The van der Waals surface area contributed by atoms with Crippen LogP contribution in [0.4, 0.5) is 32.4 Å². The molecule has 4 aliphatic rings. The quantitative estimate of drug-likeness (QED) is 0.313. The second-order valence-corrected chi connectivity index (χ2v) is 12.8. The van der Waals surface area contributed by atoms with Gasteiger partial charge < -0.3 is 20.7 Å². The van der Waals surface area contributed by atoms with Crippen LogP contribution in [-0.4, -0.2) is 82.2 Å². The van der Waals surface area contributed by atoms with Gasteiger partial charge in [0.05, 0.1) is 30.3 Å². The van der Waals surface area contributed by atoms with Gasteiger partial charge in [0.15, 0.2) is 0 Å². The summed E-state index contributed by atoms with van der Waals surface area (Å²) >= 11 is 0. The van der Waals surface area contributed by atoms with E-state index >= 15 is 0 Å². The molecule has 1 aromatic carbocycles. The molecule has 0 bridgehead atoms. The molecule has 1 unspecified atom stereocenters. The Balaban J connectivity index is 0.955. The monoisotopic (exact) mass is 660 g/mol. The fourth-order valence-electron chi connectivity index (χ4n) is 6.65. The first kappa shape index (κ1) is 32.7. The van der Waals surface area contributed by atoms with Crippen LogP contribution in [0.5, 0.6) is 0 Å². The summed E-state index contributed by atoms with van der Waals surface area (Å²) in [4.78, 5) is 35.6. The highest BCUT2D eigenvalue weighted by atomic mass is 19.4. The van der Waals surface area contributed by atoms with Crippen molar-refractivity contribution in [2.24, 2.45) is 5.92 Å². The number of amides is 2. The SMILES string of the molecule is Nc1cc(F)c(CN2CCC3(CC2)CN(Cc2ccc(C(=O)N4CCC(NC5=CCC(C(F)(F)F)C=C5)CC4)cn2)C(=O)O3)c(F)c1. The highest BCUT2D eigenvalue weighted by Gasteiger charge is 2.47. The zero-order chi connectivity index (χ0) is 33.3. The molecular formula is C33H37F5N6O3. The van der Waals surface area contributed by atoms with Gasteiger partial charge >= 0.3 is 12.3 Å². The van der Waals surface area contributed by atoms with Crippen molar-refractivity contribution in [2.75, 3.05) is 38.5 Å². The molecule has 47 heavy (non-hydrogen) atoms. The lowest BCUT2D eigenvalue weighted by atomic mass is 9.91. The Hall–Kier alpha value is -4.20. The molecule has 1 atom stereocenters. The third-order valence-electron chi connectivity index (χ3n) is 9.45. The van der Waals surface area contributed by atoms with Crippen LogP contribution in [0.1, 0.15) is 53.7 Å². The minimum Gasteiger partial charge on any atom is -0.441 e. The molecule has 0 saturated carbocycles. The molecule has 14 heteroatoms. The number of carbonyl (C=O) groups is 2. The van der Waals surface area contributed by atoms with E-state index in [1.807, 2.05) is 4.90 Å². The van der Waals surface area contributed by atoms with E-state index in [2.05, 4.69) is 10.3 Å². The number of rotatable bonds is 7. The largest absolute Gasteiger partial charge is 0.441 e. The number of nitrogens with two attached hydrogens (primary N) is 1. The number of nitrogens with zero attached hydrogens (tertiary/aromatic N) is 4. The zero-order valence-corrected chi connectivity index (χ0v) is 25.7. The van der Waals surface area contributed by atoms with Crippen LogP contribution in [0.15, 0.2) is 54.4 Å².